The molecule has 0 fully saturated rings. The van der Waals surface area contributed by atoms with E-state index in [1.165, 1.54) is 7.11 Å². The Labute approximate surface area is 167 Å². The monoisotopic (exact) mass is 450 g/mol. The maximum absolute atomic E-state index is 13.4. The minimum Gasteiger partial charge on any atom is -0.496 e. The number of halogens is 8. The number of aliphatic imine (C=N–C) groups is 1. The van der Waals surface area contributed by atoms with Crippen LogP contribution in [-0.2, 0) is 0 Å². The summed E-state index contributed by atoms with van der Waals surface area (Å²) in [5.41, 5.74) is 6.56. The van der Waals surface area contributed by atoms with Gasteiger partial charge in [-0.15, -0.1) is 12.4 Å². The number of methoxy groups -OCH3 is 1. The third-order valence-electron chi connectivity index (χ3n) is 4.04. The minimum absolute atomic E-state index is 0. The van der Waals surface area contributed by atoms with Crippen molar-refractivity contribution in [2.24, 2.45) is 21.7 Å². The molecule has 1 aromatic carbocycles. The fraction of sp³-hybridized carbons (Fsp3) is 0.500. The Morgan fingerprint density at radius 2 is 1.79 bits per heavy atom. The van der Waals surface area contributed by atoms with E-state index in [9.17, 15) is 30.7 Å². The van der Waals surface area contributed by atoms with Gasteiger partial charge < -0.3 is 10.5 Å². The summed E-state index contributed by atoms with van der Waals surface area (Å²) < 4.78 is 94.3. The molecule has 2 rings (SSSR count). The third kappa shape index (κ3) is 4.85. The van der Waals surface area contributed by atoms with Gasteiger partial charge in [-0.2, -0.15) is 35.8 Å². The SMILES string of the molecule is COc1ccccc1C1=NN(C(N)=NCC(F)(F)C(F)(F)C(F)(F)F)CC1C.Cl. The van der Waals surface area contributed by atoms with Crippen LogP contribution < -0.4 is 10.5 Å². The molecule has 29 heavy (non-hydrogen) atoms. The van der Waals surface area contributed by atoms with Crippen molar-refractivity contribution in [2.75, 3.05) is 20.2 Å². The van der Waals surface area contributed by atoms with Gasteiger partial charge in [-0.3, -0.25) is 0 Å². The quantitative estimate of drug-likeness (QED) is 0.420. The molecule has 0 radical (unpaired) electrons. The van der Waals surface area contributed by atoms with Crippen LogP contribution in [0.5, 0.6) is 5.75 Å². The maximum Gasteiger partial charge on any atom is 0.459 e. The first-order valence-corrected chi connectivity index (χ1v) is 7.93. The van der Waals surface area contributed by atoms with Crippen LogP contribution in [0.2, 0.25) is 0 Å². The van der Waals surface area contributed by atoms with Crippen molar-refractivity contribution >= 4 is 24.1 Å². The summed E-state index contributed by atoms with van der Waals surface area (Å²) in [5, 5.41) is 5.09. The Balaban J connectivity index is 0.00000420. The molecule has 1 aliphatic rings. The van der Waals surface area contributed by atoms with Gasteiger partial charge in [-0.05, 0) is 12.1 Å². The number of para-hydroxylation sites is 1. The van der Waals surface area contributed by atoms with E-state index in [2.05, 4.69) is 10.1 Å². The van der Waals surface area contributed by atoms with Crippen molar-refractivity contribution in [1.29, 1.82) is 0 Å². The van der Waals surface area contributed by atoms with Crippen molar-refractivity contribution in [3.8, 4) is 5.75 Å². The molecule has 0 amide bonds. The number of nitrogens with zero attached hydrogens (tertiary/aromatic N) is 3. The average Bonchev–Trinajstić information content (AvgIpc) is 3.00. The van der Waals surface area contributed by atoms with Crippen molar-refractivity contribution in [3.05, 3.63) is 29.8 Å². The highest BCUT2D eigenvalue weighted by atomic mass is 35.5. The zero-order chi connectivity index (χ0) is 21.3. The smallest absolute Gasteiger partial charge is 0.459 e. The Hall–Kier alpha value is -2.24. The number of hydrogen-bond acceptors (Lipinski definition) is 3. The van der Waals surface area contributed by atoms with Crippen LogP contribution in [0.25, 0.3) is 0 Å². The highest BCUT2D eigenvalue weighted by molar-refractivity contribution is 6.06. The highest BCUT2D eigenvalue weighted by Gasteiger charge is 2.72. The van der Waals surface area contributed by atoms with Crippen LogP contribution in [0, 0.1) is 5.92 Å². The van der Waals surface area contributed by atoms with Crippen molar-refractivity contribution in [2.45, 2.75) is 24.9 Å². The van der Waals surface area contributed by atoms with E-state index in [1.54, 1.807) is 31.2 Å². The van der Waals surface area contributed by atoms with Crippen molar-refractivity contribution in [1.82, 2.24) is 5.01 Å². The Kier molecular flexibility index (Phi) is 7.39. The first-order chi connectivity index (χ1) is 12.8. The number of hydrogen-bond donors (Lipinski definition) is 1. The van der Waals surface area contributed by atoms with Gasteiger partial charge in [0.05, 0.1) is 19.4 Å². The summed E-state index contributed by atoms with van der Waals surface area (Å²) >= 11 is 0. The summed E-state index contributed by atoms with van der Waals surface area (Å²) in [6.07, 6.45) is -6.42. The zero-order valence-corrected chi connectivity index (χ0v) is 16.0. The summed E-state index contributed by atoms with van der Waals surface area (Å²) in [6, 6.07) is 6.81. The molecule has 0 saturated carbocycles. The fourth-order valence-corrected chi connectivity index (χ4v) is 2.50. The topological polar surface area (TPSA) is 63.2 Å². The molecule has 1 atom stereocenters. The van der Waals surface area contributed by atoms with Gasteiger partial charge in [0.25, 0.3) is 0 Å². The number of guanidine groups is 1. The van der Waals surface area contributed by atoms with Gasteiger partial charge in [-0.25, -0.2) is 10.0 Å². The van der Waals surface area contributed by atoms with E-state index in [-0.39, 0.29) is 24.9 Å². The Bertz CT molecular complexity index is 783. The fourth-order valence-electron chi connectivity index (χ4n) is 2.50. The predicted molar refractivity (Wildman–Crippen MR) is 95.1 cm³/mol. The largest absolute Gasteiger partial charge is 0.496 e. The lowest BCUT2D eigenvalue weighted by molar-refractivity contribution is -0.351. The van der Waals surface area contributed by atoms with Crippen LogP contribution >= 0.6 is 12.4 Å². The molecule has 1 heterocycles. The predicted octanol–water partition coefficient (Wildman–Crippen LogP) is 3.92. The normalized spacial score (nSPS) is 18.4. The van der Waals surface area contributed by atoms with Crippen molar-refractivity contribution < 1.29 is 35.5 Å². The minimum atomic E-state index is -6.42. The van der Waals surface area contributed by atoms with Gasteiger partial charge >= 0.3 is 18.0 Å². The van der Waals surface area contributed by atoms with Crippen LogP contribution in [-0.4, -0.2) is 54.9 Å². The second-order valence-electron chi connectivity index (χ2n) is 6.12. The number of rotatable bonds is 5. The molecule has 1 aromatic rings. The lowest BCUT2D eigenvalue weighted by atomic mass is 9.99. The first kappa shape index (κ1) is 24.8. The van der Waals surface area contributed by atoms with E-state index < -0.39 is 30.5 Å². The van der Waals surface area contributed by atoms with Crippen molar-refractivity contribution in [3.63, 3.8) is 0 Å². The molecule has 5 nitrogen and oxygen atoms in total. The molecular formula is C16H18ClF7N4O. The second-order valence-corrected chi connectivity index (χ2v) is 6.12. The average molecular weight is 451 g/mol. The summed E-state index contributed by atoms with van der Waals surface area (Å²) in [7, 11) is 1.44. The maximum atomic E-state index is 13.4. The Morgan fingerprint density at radius 3 is 2.34 bits per heavy atom. The van der Waals surface area contributed by atoms with E-state index in [0.717, 1.165) is 5.01 Å². The van der Waals surface area contributed by atoms with E-state index in [0.29, 0.717) is 17.0 Å². The van der Waals surface area contributed by atoms with Gasteiger partial charge in [0.1, 0.15) is 12.3 Å². The van der Waals surface area contributed by atoms with Gasteiger partial charge in [0.15, 0.2) is 0 Å². The molecular weight excluding hydrogens is 433 g/mol. The molecule has 0 saturated heterocycles. The molecule has 0 aliphatic carbocycles. The number of ether oxygens (including phenoxy) is 1. The molecule has 164 valence electrons. The molecule has 0 spiro atoms. The number of benzene rings is 1. The lowest BCUT2D eigenvalue weighted by Gasteiger charge is -2.27. The summed E-state index contributed by atoms with van der Waals surface area (Å²) in [6.45, 7) is -0.329. The molecule has 0 aromatic heterocycles. The third-order valence-corrected chi connectivity index (χ3v) is 4.04. The molecule has 13 heteroatoms. The zero-order valence-electron chi connectivity index (χ0n) is 15.2. The lowest BCUT2D eigenvalue weighted by Crippen LogP contribution is -2.53. The number of hydrazone groups is 1. The van der Waals surface area contributed by atoms with Gasteiger partial charge in [-0.1, -0.05) is 19.1 Å². The first-order valence-electron chi connectivity index (χ1n) is 7.93. The van der Waals surface area contributed by atoms with Crippen LogP contribution in [0.4, 0.5) is 30.7 Å². The molecule has 1 unspecified atom stereocenters. The van der Waals surface area contributed by atoms with Crippen LogP contribution in [0.1, 0.15) is 12.5 Å². The van der Waals surface area contributed by atoms with E-state index >= 15 is 0 Å². The summed E-state index contributed by atoms with van der Waals surface area (Å²) in [4.78, 5) is 3.01. The standard InChI is InChI=1S/C16H17F7N4O.ClH/c1-9-7-27(26-12(9)10-5-3-4-6-11(10)28-2)13(24)25-8-14(17,18)15(19,20)16(21,22)23;/h3-6,9H,7-8H2,1-2H3,(H2,24,25);1H. The van der Waals surface area contributed by atoms with E-state index in [1.807, 2.05) is 0 Å². The van der Waals surface area contributed by atoms with Crippen LogP contribution in [0.15, 0.2) is 34.4 Å². The van der Waals surface area contributed by atoms with Gasteiger partial charge in [0.2, 0.25) is 5.96 Å². The summed E-state index contributed by atoms with van der Waals surface area (Å²) in [5.74, 6) is -12.2. The molecule has 0 bridgehead atoms. The number of nitrogens with two attached hydrogens (primary N) is 1. The second kappa shape index (κ2) is 8.64. The number of alkyl halides is 7. The highest BCUT2D eigenvalue weighted by Crippen LogP contribution is 2.46. The van der Waals surface area contributed by atoms with E-state index in [4.69, 9.17) is 10.5 Å². The van der Waals surface area contributed by atoms with Crippen LogP contribution in [0.3, 0.4) is 0 Å². The van der Waals surface area contributed by atoms with Gasteiger partial charge in [0, 0.05) is 11.5 Å². The molecule has 1 aliphatic heterocycles. The Morgan fingerprint density at radius 1 is 1.21 bits per heavy atom. The molecule has 2 N–H and O–H groups in total.